The number of carbonyl (C=O) groups is 1. The van der Waals surface area contributed by atoms with Gasteiger partial charge in [-0.05, 0) is 13.0 Å². The van der Waals surface area contributed by atoms with Crippen molar-refractivity contribution < 1.29 is 9.53 Å². The summed E-state index contributed by atoms with van der Waals surface area (Å²) in [6, 6.07) is 0. The number of aromatic nitrogens is 2. The second kappa shape index (κ2) is 4.93. The van der Waals surface area contributed by atoms with E-state index in [0.717, 1.165) is 12.1 Å². The minimum Gasteiger partial charge on any atom is -0.465 e. The molecule has 0 bridgehead atoms. The number of rotatable bonds is 4. The molecule has 1 aromatic heterocycles. The van der Waals surface area contributed by atoms with Crippen molar-refractivity contribution in [3.63, 3.8) is 0 Å². The summed E-state index contributed by atoms with van der Waals surface area (Å²) in [7, 11) is 3.18. The van der Waals surface area contributed by atoms with Crippen molar-refractivity contribution in [3.8, 4) is 0 Å². The normalized spacial score (nSPS) is 12.5. The van der Waals surface area contributed by atoms with Gasteiger partial charge in [0.1, 0.15) is 5.56 Å². The first-order valence-corrected chi connectivity index (χ1v) is 4.92. The monoisotopic (exact) mass is 211 g/mol. The van der Waals surface area contributed by atoms with Gasteiger partial charge in [-0.25, -0.2) is 4.79 Å². The minimum absolute atomic E-state index is 0.205. The Labute approximate surface area is 89.2 Å². The standard InChI is InChI=1S/C10H17N3O2/c1-7(4-5-11)9-8(10(14)15-3)6-12-13(9)2/h6-7H,4-5,11H2,1-3H3. The summed E-state index contributed by atoms with van der Waals surface area (Å²) in [5.41, 5.74) is 6.91. The van der Waals surface area contributed by atoms with Gasteiger partial charge in [-0.3, -0.25) is 4.68 Å². The lowest BCUT2D eigenvalue weighted by Gasteiger charge is -2.12. The highest BCUT2D eigenvalue weighted by Gasteiger charge is 2.20. The number of esters is 1. The Morgan fingerprint density at radius 3 is 2.93 bits per heavy atom. The number of carbonyl (C=O) groups excluding carboxylic acids is 1. The summed E-state index contributed by atoms with van der Waals surface area (Å²) in [6.07, 6.45) is 2.36. The van der Waals surface area contributed by atoms with E-state index in [-0.39, 0.29) is 11.9 Å². The summed E-state index contributed by atoms with van der Waals surface area (Å²) in [6.45, 7) is 2.61. The Balaban J connectivity index is 3.03. The fourth-order valence-corrected chi connectivity index (χ4v) is 1.69. The maximum absolute atomic E-state index is 11.4. The maximum atomic E-state index is 11.4. The molecule has 1 heterocycles. The molecule has 1 atom stereocenters. The van der Waals surface area contributed by atoms with Crippen molar-refractivity contribution in [1.29, 1.82) is 0 Å². The van der Waals surface area contributed by atoms with Crippen molar-refractivity contribution >= 4 is 5.97 Å². The highest BCUT2D eigenvalue weighted by molar-refractivity contribution is 5.90. The van der Waals surface area contributed by atoms with Gasteiger partial charge in [-0.2, -0.15) is 5.10 Å². The number of aryl methyl sites for hydroxylation is 1. The molecule has 0 radical (unpaired) electrons. The third-order valence-electron chi connectivity index (χ3n) is 2.46. The molecule has 0 aromatic carbocycles. The second-order valence-corrected chi connectivity index (χ2v) is 3.54. The number of methoxy groups -OCH3 is 1. The molecular weight excluding hydrogens is 194 g/mol. The Morgan fingerprint density at radius 1 is 1.73 bits per heavy atom. The number of ether oxygens (including phenoxy) is 1. The first-order valence-electron chi connectivity index (χ1n) is 4.92. The van der Waals surface area contributed by atoms with Crippen LogP contribution in [0.1, 0.15) is 35.3 Å². The van der Waals surface area contributed by atoms with Gasteiger partial charge < -0.3 is 10.5 Å². The number of nitrogens with two attached hydrogens (primary N) is 1. The van der Waals surface area contributed by atoms with Crippen LogP contribution in [0.15, 0.2) is 6.20 Å². The summed E-state index contributed by atoms with van der Waals surface area (Å²) in [4.78, 5) is 11.4. The van der Waals surface area contributed by atoms with Crippen molar-refractivity contribution in [1.82, 2.24) is 9.78 Å². The Kier molecular flexibility index (Phi) is 3.85. The molecule has 0 aliphatic rings. The van der Waals surface area contributed by atoms with Crippen molar-refractivity contribution in [2.45, 2.75) is 19.3 Å². The fraction of sp³-hybridized carbons (Fsp3) is 0.600. The Bertz CT molecular complexity index is 346. The van der Waals surface area contributed by atoms with Gasteiger partial charge in [-0.15, -0.1) is 0 Å². The van der Waals surface area contributed by atoms with Gasteiger partial charge >= 0.3 is 5.97 Å². The molecule has 0 fully saturated rings. The van der Waals surface area contributed by atoms with Crippen LogP contribution in [0.4, 0.5) is 0 Å². The zero-order chi connectivity index (χ0) is 11.4. The summed E-state index contributed by atoms with van der Waals surface area (Å²) in [5, 5.41) is 4.06. The topological polar surface area (TPSA) is 70.1 Å². The van der Waals surface area contributed by atoms with E-state index in [1.54, 1.807) is 4.68 Å². The average Bonchev–Trinajstić information content (AvgIpc) is 2.59. The van der Waals surface area contributed by atoms with Crippen molar-refractivity contribution in [2.75, 3.05) is 13.7 Å². The first-order chi connectivity index (χ1) is 7.11. The molecule has 15 heavy (non-hydrogen) atoms. The Morgan fingerprint density at radius 2 is 2.40 bits per heavy atom. The zero-order valence-electron chi connectivity index (χ0n) is 9.36. The van der Waals surface area contributed by atoms with Crippen LogP contribution in [-0.2, 0) is 11.8 Å². The number of hydrogen-bond acceptors (Lipinski definition) is 4. The molecular formula is C10H17N3O2. The molecule has 1 rings (SSSR count). The van der Waals surface area contributed by atoms with Crippen LogP contribution in [0.25, 0.3) is 0 Å². The highest BCUT2D eigenvalue weighted by atomic mass is 16.5. The second-order valence-electron chi connectivity index (χ2n) is 3.54. The van der Waals surface area contributed by atoms with E-state index < -0.39 is 0 Å². The zero-order valence-corrected chi connectivity index (χ0v) is 9.36. The van der Waals surface area contributed by atoms with Crippen LogP contribution < -0.4 is 5.73 Å². The lowest BCUT2D eigenvalue weighted by atomic mass is 10.0. The highest BCUT2D eigenvalue weighted by Crippen LogP contribution is 2.22. The van der Waals surface area contributed by atoms with E-state index >= 15 is 0 Å². The predicted octanol–water partition coefficient (Wildman–Crippen LogP) is 0.659. The van der Waals surface area contributed by atoms with Crippen LogP contribution in [-0.4, -0.2) is 29.4 Å². The Hall–Kier alpha value is -1.36. The van der Waals surface area contributed by atoms with Crippen molar-refractivity contribution in [2.24, 2.45) is 12.8 Å². The molecule has 2 N–H and O–H groups in total. The quantitative estimate of drug-likeness (QED) is 0.743. The van der Waals surface area contributed by atoms with E-state index in [0.29, 0.717) is 12.1 Å². The summed E-state index contributed by atoms with van der Waals surface area (Å²) < 4.78 is 6.40. The molecule has 0 amide bonds. The molecule has 0 aliphatic heterocycles. The van der Waals surface area contributed by atoms with E-state index in [2.05, 4.69) is 5.10 Å². The molecule has 1 aromatic rings. The summed E-state index contributed by atoms with van der Waals surface area (Å²) in [5.74, 6) is -0.140. The van der Waals surface area contributed by atoms with E-state index in [9.17, 15) is 4.79 Å². The van der Waals surface area contributed by atoms with Gasteiger partial charge in [0.2, 0.25) is 0 Å². The average molecular weight is 211 g/mol. The number of nitrogens with zero attached hydrogens (tertiary/aromatic N) is 2. The van der Waals surface area contributed by atoms with Crippen LogP contribution in [0.3, 0.4) is 0 Å². The molecule has 1 unspecified atom stereocenters. The SMILES string of the molecule is COC(=O)c1cnn(C)c1C(C)CCN. The van der Waals surface area contributed by atoms with Crippen LogP contribution >= 0.6 is 0 Å². The van der Waals surface area contributed by atoms with E-state index in [1.807, 2.05) is 14.0 Å². The predicted molar refractivity (Wildman–Crippen MR) is 56.6 cm³/mol. The molecule has 0 spiro atoms. The largest absolute Gasteiger partial charge is 0.465 e. The lowest BCUT2D eigenvalue weighted by Crippen LogP contribution is -2.13. The number of hydrogen-bond donors (Lipinski definition) is 1. The third-order valence-corrected chi connectivity index (χ3v) is 2.46. The summed E-state index contributed by atoms with van der Waals surface area (Å²) >= 11 is 0. The minimum atomic E-state index is -0.345. The molecule has 0 saturated carbocycles. The molecule has 5 nitrogen and oxygen atoms in total. The van der Waals surface area contributed by atoms with E-state index in [4.69, 9.17) is 10.5 Å². The van der Waals surface area contributed by atoms with E-state index in [1.165, 1.54) is 13.3 Å². The smallest absolute Gasteiger partial charge is 0.341 e. The van der Waals surface area contributed by atoms with Gasteiger partial charge in [0.05, 0.1) is 19.0 Å². The fourth-order valence-electron chi connectivity index (χ4n) is 1.69. The van der Waals surface area contributed by atoms with Gasteiger partial charge in [0, 0.05) is 13.0 Å². The van der Waals surface area contributed by atoms with Crippen LogP contribution in [0, 0.1) is 0 Å². The molecule has 0 aliphatic carbocycles. The van der Waals surface area contributed by atoms with Gasteiger partial charge in [-0.1, -0.05) is 6.92 Å². The lowest BCUT2D eigenvalue weighted by molar-refractivity contribution is 0.0598. The molecule has 0 saturated heterocycles. The van der Waals surface area contributed by atoms with Crippen LogP contribution in [0.5, 0.6) is 0 Å². The molecule has 84 valence electrons. The molecule has 5 heteroatoms. The van der Waals surface area contributed by atoms with Crippen molar-refractivity contribution in [3.05, 3.63) is 17.5 Å². The third kappa shape index (κ3) is 2.36. The van der Waals surface area contributed by atoms with Crippen LogP contribution in [0.2, 0.25) is 0 Å². The van der Waals surface area contributed by atoms with Gasteiger partial charge in [0.15, 0.2) is 0 Å². The first kappa shape index (κ1) is 11.7. The van der Waals surface area contributed by atoms with Gasteiger partial charge in [0.25, 0.3) is 0 Å². The maximum Gasteiger partial charge on any atom is 0.341 e.